The van der Waals surface area contributed by atoms with Gasteiger partial charge in [-0.25, -0.2) is 13.8 Å². The van der Waals surface area contributed by atoms with Crippen LogP contribution >= 0.6 is 11.6 Å². The summed E-state index contributed by atoms with van der Waals surface area (Å²) in [5, 5.41) is 9.05. The van der Waals surface area contributed by atoms with Gasteiger partial charge < -0.3 is 9.80 Å². The summed E-state index contributed by atoms with van der Waals surface area (Å²) < 4.78 is 67.7. The molecule has 1 aliphatic heterocycles. The second-order valence-corrected chi connectivity index (χ2v) is 7.14. The predicted molar refractivity (Wildman–Crippen MR) is 99.5 cm³/mol. The van der Waals surface area contributed by atoms with Gasteiger partial charge in [-0.3, -0.25) is 4.79 Å². The lowest BCUT2D eigenvalue weighted by Crippen LogP contribution is -2.65. The van der Waals surface area contributed by atoms with E-state index in [-0.39, 0.29) is 16.4 Å². The first-order valence-corrected chi connectivity index (χ1v) is 8.95. The molecule has 1 fully saturated rings. The normalized spacial score (nSPS) is 18.6. The molecule has 0 bridgehead atoms. The fourth-order valence-electron chi connectivity index (χ4n) is 3.18. The SMILES string of the molecule is Cc1cc(C(F)(F)F)c(C#N)c(N2C[C@@H](F)[C@H]2C(=O)N(C)c2ccc(F)c(Cl)c2)n1. The first-order chi connectivity index (χ1) is 14.0. The largest absolute Gasteiger partial charge is 0.417 e. The first kappa shape index (κ1) is 21.8. The van der Waals surface area contributed by atoms with Crippen molar-refractivity contribution in [2.45, 2.75) is 25.3 Å². The number of pyridine rings is 1. The Balaban J connectivity index is 1.99. The number of anilines is 2. The number of hydrogen-bond acceptors (Lipinski definition) is 4. The summed E-state index contributed by atoms with van der Waals surface area (Å²) in [5.74, 6) is -1.93. The Morgan fingerprint density at radius 1 is 1.37 bits per heavy atom. The van der Waals surface area contributed by atoms with Gasteiger partial charge in [0.05, 0.1) is 17.1 Å². The van der Waals surface area contributed by atoms with E-state index in [0.717, 1.165) is 21.9 Å². The van der Waals surface area contributed by atoms with E-state index >= 15 is 0 Å². The molecule has 1 aromatic heterocycles. The van der Waals surface area contributed by atoms with Gasteiger partial charge in [0.15, 0.2) is 0 Å². The van der Waals surface area contributed by atoms with Crippen LogP contribution in [0.25, 0.3) is 0 Å². The average Bonchev–Trinajstić information content (AvgIpc) is 2.66. The lowest BCUT2D eigenvalue weighted by molar-refractivity contribution is -0.137. The second-order valence-electron chi connectivity index (χ2n) is 6.73. The molecule has 1 saturated heterocycles. The molecule has 2 atom stereocenters. The average molecular weight is 445 g/mol. The molecule has 3 rings (SSSR count). The Morgan fingerprint density at radius 2 is 2.03 bits per heavy atom. The van der Waals surface area contributed by atoms with Crippen LogP contribution in [0, 0.1) is 24.1 Å². The third kappa shape index (κ3) is 3.77. The number of carbonyl (C=O) groups is 1. The molecular weight excluding hydrogens is 431 g/mol. The molecule has 1 aliphatic rings. The lowest BCUT2D eigenvalue weighted by Gasteiger charge is -2.45. The maximum absolute atomic E-state index is 14.3. The smallest absolute Gasteiger partial charge is 0.338 e. The molecule has 1 amide bonds. The Hall–Kier alpha value is -2.93. The summed E-state index contributed by atoms with van der Waals surface area (Å²) in [6, 6.07) is 4.13. The van der Waals surface area contributed by atoms with Gasteiger partial charge in [0.1, 0.15) is 35.5 Å². The number of halogens is 6. The van der Waals surface area contributed by atoms with Crippen LogP contribution in [0.15, 0.2) is 24.3 Å². The monoisotopic (exact) mass is 444 g/mol. The van der Waals surface area contributed by atoms with Gasteiger partial charge in [0, 0.05) is 18.4 Å². The van der Waals surface area contributed by atoms with Crippen LogP contribution in [-0.2, 0) is 11.0 Å². The number of alkyl halides is 4. The molecule has 30 heavy (non-hydrogen) atoms. The zero-order chi connectivity index (χ0) is 22.4. The minimum Gasteiger partial charge on any atom is -0.338 e. The van der Waals surface area contributed by atoms with Crippen molar-refractivity contribution in [3.63, 3.8) is 0 Å². The van der Waals surface area contributed by atoms with Gasteiger partial charge in [-0.05, 0) is 31.2 Å². The Kier molecular flexibility index (Phi) is 5.60. The number of carbonyl (C=O) groups excluding carboxylic acids is 1. The van der Waals surface area contributed by atoms with Crippen molar-refractivity contribution < 1.29 is 26.7 Å². The van der Waals surface area contributed by atoms with Crippen molar-refractivity contribution in [2.24, 2.45) is 0 Å². The lowest BCUT2D eigenvalue weighted by atomic mass is 9.96. The number of likely N-dealkylation sites (N-methyl/N-ethyl adjacent to an activating group) is 1. The molecule has 2 aromatic rings. The number of rotatable bonds is 3. The standard InChI is InChI=1S/C19H14ClF5N4O/c1-9-5-12(19(23,24)25)11(7-26)17(27-9)29-8-15(22)16(29)18(30)28(2)10-3-4-14(21)13(20)6-10/h3-6,15-16H,8H2,1-2H3/t15-,16+/m1/s1. The van der Waals surface area contributed by atoms with Crippen LogP contribution in [0.5, 0.6) is 0 Å². The van der Waals surface area contributed by atoms with E-state index in [9.17, 15) is 32.0 Å². The summed E-state index contributed by atoms with van der Waals surface area (Å²) in [6.45, 7) is 0.896. The van der Waals surface area contributed by atoms with E-state index in [0.29, 0.717) is 0 Å². The number of nitrogens with zero attached hydrogens (tertiary/aromatic N) is 4. The molecule has 158 valence electrons. The Bertz CT molecular complexity index is 1050. The second kappa shape index (κ2) is 7.72. The quantitative estimate of drug-likeness (QED) is 0.664. The summed E-state index contributed by atoms with van der Waals surface area (Å²) in [7, 11) is 1.30. The van der Waals surface area contributed by atoms with Gasteiger partial charge in [-0.1, -0.05) is 11.6 Å². The topological polar surface area (TPSA) is 60.2 Å². The van der Waals surface area contributed by atoms with Crippen LogP contribution in [-0.4, -0.2) is 36.7 Å². The molecule has 2 heterocycles. The van der Waals surface area contributed by atoms with E-state index in [2.05, 4.69) is 4.98 Å². The highest BCUT2D eigenvalue weighted by Gasteiger charge is 2.48. The molecule has 0 saturated carbocycles. The van der Waals surface area contributed by atoms with Gasteiger partial charge >= 0.3 is 6.18 Å². The third-order valence-electron chi connectivity index (χ3n) is 4.74. The van der Waals surface area contributed by atoms with Crippen molar-refractivity contribution in [2.75, 3.05) is 23.4 Å². The van der Waals surface area contributed by atoms with Crippen LogP contribution in [0.3, 0.4) is 0 Å². The number of benzene rings is 1. The summed E-state index contributed by atoms with van der Waals surface area (Å²) >= 11 is 5.71. The highest BCUT2D eigenvalue weighted by molar-refractivity contribution is 6.31. The van der Waals surface area contributed by atoms with Crippen molar-refractivity contribution in [1.82, 2.24) is 4.98 Å². The fraction of sp³-hybridized carbons (Fsp3) is 0.316. The highest BCUT2D eigenvalue weighted by Crippen LogP contribution is 2.39. The Morgan fingerprint density at radius 3 is 2.57 bits per heavy atom. The van der Waals surface area contributed by atoms with E-state index in [1.807, 2.05) is 0 Å². The zero-order valence-corrected chi connectivity index (χ0v) is 16.4. The summed E-state index contributed by atoms with van der Waals surface area (Å²) in [4.78, 5) is 18.9. The highest BCUT2D eigenvalue weighted by atomic mass is 35.5. The van der Waals surface area contributed by atoms with Crippen molar-refractivity contribution in [3.05, 3.63) is 51.9 Å². The Labute approximate surface area is 173 Å². The van der Waals surface area contributed by atoms with E-state index in [1.165, 1.54) is 32.2 Å². The number of aromatic nitrogens is 1. The maximum atomic E-state index is 14.3. The molecule has 5 nitrogen and oxygen atoms in total. The van der Waals surface area contributed by atoms with E-state index in [1.54, 1.807) is 0 Å². The predicted octanol–water partition coefficient (Wildman–Crippen LogP) is 4.26. The molecule has 0 spiro atoms. The molecular formula is C19H14ClF5N4O. The minimum atomic E-state index is -4.82. The van der Waals surface area contributed by atoms with Crippen molar-refractivity contribution in [3.8, 4) is 6.07 Å². The van der Waals surface area contributed by atoms with Crippen LogP contribution in [0.4, 0.5) is 33.5 Å². The van der Waals surface area contributed by atoms with Gasteiger partial charge in [0.25, 0.3) is 5.91 Å². The van der Waals surface area contributed by atoms with Gasteiger partial charge in [0.2, 0.25) is 0 Å². The van der Waals surface area contributed by atoms with Gasteiger partial charge in [-0.15, -0.1) is 0 Å². The summed E-state index contributed by atoms with van der Waals surface area (Å²) in [6.07, 6.45) is -6.52. The molecule has 0 N–H and O–H groups in total. The number of amides is 1. The molecule has 1 aromatic carbocycles. The fourth-order valence-corrected chi connectivity index (χ4v) is 3.36. The zero-order valence-electron chi connectivity index (χ0n) is 15.6. The molecule has 0 unspecified atom stereocenters. The van der Waals surface area contributed by atoms with Crippen molar-refractivity contribution >= 4 is 29.0 Å². The number of aryl methyl sites for hydroxylation is 1. The van der Waals surface area contributed by atoms with Crippen LogP contribution in [0.1, 0.15) is 16.8 Å². The van der Waals surface area contributed by atoms with Crippen LogP contribution < -0.4 is 9.80 Å². The number of nitriles is 1. The van der Waals surface area contributed by atoms with Gasteiger partial charge in [-0.2, -0.15) is 18.4 Å². The molecule has 0 radical (unpaired) electrons. The molecule has 0 aliphatic carbocycles. The van der Waals surface area contributed by atoms with Crippen LogP contribution in [0.2, 0.25) is 5.02 Å². The van der Waals surface area contributed by atoms with E-state index in [4.69, 9.17) is 11.6 Å². The summed E-state index contributed by atoms with van der Waals surface area (Å²) in [5.41, 5.74) is -1.87. The minimum absolute atomic E-state index is 0.0384. The van der Waals surface area contributed by atoms with Crippen molar-refractivity contribution in [1.29, 1.82) is 5.26 Å². The number of hydrogen-bond donors (Lipinski definition) is 0. The first-order valence-electron chi connectivity index (χ1n) is 8.58. The third-order valence-corrected chi connectivity index (χ3v) is 5.03. The van der Waals surface area contributed by atoms with E-state index < -0.39 is 53.6 Å². The maximum Gasteiger partial charge on any atom is 0.417 e. The molecule has 11 heteroatoms.